The zero-order valence-corrected chi connectivity index (χ0v) is 8.63. The molecule has 8 heteroatoms. The molecule has 1 aromatic carbocycles. The number of benzene rings is 1. The van der Waals surface area contributed by atoms with Crippen molar-refractivity contribution in [1.29, 1.82) is 0 Å². The molecule has 0 atom stereocenters. The summed E-state index contributed by atoms with van der Waals surface area (Å²) in [6, 6.07) is 6.53. The Kier molecular flexibility index (Phi) is 3.56. The molecule has 0 fully saturated rings. The van der Waals surface area contributed by atoms with Crippen molar-refractivity contribution in [2.24, 2.45) is 0 Å². The fourth-order valence-electron chi connectivity index (χ4n) is 1.03. The molecule has 0 spiro atoms. The van der Waals surface area contributed by atoms with E-state index in [1.165, 1.54) is 0 Å². The van der Waals surface area contributed by atoms with Crippen molar-refractivity contribution in [1.82, 2.24) is 0 Å². The fourth-order valence-corrected chi connectivity index (χ4v) is 1.03. The first-order valence-electron chi connectivity index (χ1n) is 3.93. The lowest BCUT2D eigenvalue weighted by atomic mass is 10.1. The van der Waals surface area contributed by atoms with E-state index in [4.69, 9.17) is 19.2 Å². The third kappa shape index (κ3) is 3.56. The average molecular weight is 246 g/mol. The minimum absolute atomic E-state index is 0.359. The van der Waals surface area contributed by atoms with E-state index in [1.807, 2.05) is 0 Å². The first-order valence-corrected chi connectivity index (χ1v) is 5.49. The summed E-state index contributed by atoms with van der Waals surface area (Å²) in [5.41, 5.74) is 0.718. The Hall–Kier alpha value is -1.53. The molecule has 1 aromatic rings. The van der Waals surface area contributed by atoms with Gasteiger partial charge in [-0.3, -0.25) is 0 Å². The molecule has 0 saturated carbocycles. The molecule has 86 valence electrons. The summed E-state index contributed by atoms with van der Waals surface area (Å²) in [6.45, 7) is 0. The van der Waals surface area contributed by atoms with Crippen molar-refractivity contribution in [3.63, 3.8) is 0 Å². The molecule has 0 aromatic heterocycles. The van der Waals surface area contributed by atoms with Gasteiger partial charge >= 0.3 is 19.8 Å². The van der Waals surface area contributed by atoms with Crippen LogP contribution in [0.4, 0.5) is 0 Å². The number of fused-ring (bicyclic) bond motifs is 1. The van der Waals surface area contributed by atoms with Gasteiger partial charge in [0, 0.05) is 0 Å². The molecule has 16 heavy (non-hydrogen) atoms. The number of rotatable bonds is 0. The molecule has 0 aliphatic carbocycles. The molecule has 2 rings (SSSR count). The van der Waals surface area contributed by atoms with E-state index in [2.05, 4.69) is 4.74 Å². The van der Waals surface area contributed by atoms with Crippen LogP contribution in [0.15, 0.2) is 24.3 Å². The zero-order chi connectivity index (χ0) is 12.3. The zero-order valence-electron chi connectivity index (χ0n) is 7.73. The van der Waals surface area contributed by atoms with Crippen LogP contribution in [0.25, 0.3) is 0 Å². The van der Waals surface area contributed by atoms with Gasteiger partial charge in [-0.15, -0.1) is 0 Å². The van der Waals surface area contributed by atoms with Gasteiger partial charge in [-0.2, -0.15) is 0 Å². The second kappa shape index (κ2) is 4.54. The molecule has 0 radical (unpaired) electrons. The Balaban J connectivity index is 0.000000221. The van der Waals surface area contributed by atoms with Gasteiger partial charge in [-0.25, -0.2) is 14.2 Å². The number of cyclic esters (lactones) is 2. The molecule has 1 aliphatic rings. The van der Waals surface area contributed by atoms with Crippen molar-refractivity contribution in [2.45, 2.75) is 0 Å². The van der Waals surface area contributed by atoms with Crippen LogP contribution in [0, 0.1) is 0 Å². The minimum Gasteiger partial charge on any atom is -0.386 e. The third-order valence-corrected chi connectivity index (χ3v) is 1.55. The van der Waals surface area contributed by atoms with Gasteiger partial charge in [-0.1, -0.05) is 12.1 Å². The van der Waals surface area contributed by atoms with Crippen LogP contribution in [-0.4, -0.2) is 26.6 Å². The van der Waals surface area contributed by atoms with Gasteiger partial charge in [0.05, 0.1) is 11.1 Å². The maximum atomic E-state index is 10.8. The predicted molar refractivity (Wildman–Crippen MR) is 50.5 cm³/mol. The monoisotopic (exact) mass is 246 g/mol. The number of hydrogen-bond acceptors (Lipinski definition) is 4. The van der Waals surface area contributed by atoms with Gasteiger partial charge in [0.2, 0.25) is 0 Å². The summed E-state index contributed by atoms with van der Waals surface area (Å²) < 4.78 is 13.2. The Labute approximate surface area is 89.5 Å². The van der Waals surface area contributed by atoms with E-state index < -0.39 is 19.8 Å². The van der Waals surface area contributed by atoms with Gasteiger partial charge < -0.3 is 19.4 Å². The van der Waals surface area contributed by atoms with Crippen molar-refractivity contribution in [3.05, 3.63) is 35.4 Å². The highest BCUT2D eigenvalue weighted by molar-refractivity contribution is 7.45. The Bertz CT molecular complexity index is 434. The third-order valence-electron chi connectivity index (χ3n) is 1.55. The van der Waals surface area contributed by atoms with Crippen LogP contribution >= 0.6 is 7.82 Å². The van der Waals surface area contributed by atoms with E-state index in [0.717, 1.165) is 0 Å². The number of carbonyl (C=O) groups is 2. The van der Waals surface area contributed by atoms with Crippen molar-refractivity contribution in [3.8, 4) is 0 Å². The van der Waals surface area contributed by atoms with Crippen molar-refractivity contribution >= 4 is 19.8 Å². The van der Waals surface area contributed by atoms with E-state index in [-0.39, 0.29) is 0 Å². The lowest BCUT2D eigenvalue weighted by Gasteiger charge is -1.86. The molecular weight excluding hydrogens is 239 g/mol. The Morgan fingerprint density at radius 2 is 1.25 bits per heavy atom. The molecule has 3 N–H and O–H groups in total. The molecular formula is C8H7O7P. The highest BCUT2D eigenvalue weighted by atomic mass is 31.2. The number of carbonyl (C=O) groups excluding carboxylic acids is 2. The molecule has 1 aliphatic heterocycles. The summed E-state index contributed by atoms with van der Waals surface area (Å²) in [6.07, 6.45) is 0. The molecule has 0 saturated heterocycles. The normalized spacial score (nSPS) is 13.7. The van der Waals surface area contributed by atoms with E-state index in [9.17, 15) is 9.59 Å². The van der Waals surface area contributed by atoms with Crippen LogP contribution in [0.5, 0.6) is 0 Å². The van der Waals surface area contributed by atoms with E-state index in [1.54, 1.807) is 24.3 Å². The van der Waals surface area contributed by atoms with Crippen LogP contribution in [0.1, 0.15) is 20.7 Å². The molecule has 0 bridgehead atoms. The largest absolute Gasteiger partial charge is 0.466 e. The highest BCUT2D eigenvalue weighted by Crippen LogP contribution is 2.25. The van der Waals surface area contributed by atoms with Crippen LogP contribution in [0.2, 0.25) is 0 Å². The maximum absolute atomic E-state index is 10.8. The van der Waals surface area contributed by atoms with Crippen LogP contribution in [0.3, 0.4) is 0 Å². The lowest BCUT2D eigenvalue weighted by molar-refractivity contribution is 0.0443. The van der Waals surface area contributed by atoms with Gasteiger partial charge in [-0.05, 0) is 12.1 Å². The van der Waals surface area contributed by atoms with Crippen molar-refractivity contribution in [2.75, 3.05) is 0 Å². The Morgan fingerprint density at radius 3 is 1.56 bits per heavy atom. The number of ether oxygens (including phenoxy) is 1. The smallest absolute Gasteiger partial charge is 0.386 e. The van der Waals surface area contributed by atoms with Gasteiger partial charge in [0.15, 0.2) is 0 Å². The second-order valence-electron chi connectivity index (χ2n) is 2.74. The molecule has 1 heterocycles. The highest BCUT2D eigenvalue weighted by Gasteiger charge is 2.28. The standard InChI is InChI=1S/C8H4O3.H3O4P/c9-7-5-3-1-2-4-6(5)8(10)11-7;1-5(2,3)4/h1-4H;(H3,1,2,3,4). The summed E-state index contributed by atoms with van der Waals surface area (Å²) in [5.74, 6) is -1.10. The summed E-state index contributed by atoms with van der Waals surface area (Å²) in [4.78, 5) is 43.2. The first kappa shape index (κ1) is 12.5. The SMILES string of the molecule is O=C1OC(=O)c2ccccc21.O=P(O)(O)O. The summed E-state index contributed by atoms with van der Waals surface area (Å²) in [7, 11) is -4.64. The number of hydrogen-bond donors (Lipinski definition) is 3. The predicted octanol–water partition coefficient (Wildman–Crippen LogP) is 0.0686. The van der Waals surface area contributed by atoms with Crippen LogP contribution < -0.4 is 0 Å². The number of phosphoric acid groups is 1. The maximum Gasteiger partial charge on any atom is 0.466 e. The summed E-state index contributed by atoms with van der Waals surface area (Å²) >= 11 is 0. The Morgan fingerprint density at radius 1 is 0.938 bits per heavy atom. The van der Waals surface area contributed by atoms with E-state index >= 15 is 0 Å². The average Bonchev–Trinajstić information content (AvgIpc) is 2.41. The molecule has 0 unspecified atom stereocenters. The second-order valence-corrected chi connectivity index (χ2v) is 3.76. The van der Waals surface area contributed by atoms with Gasteiger partial charge in [0.25, 0.3) is 0 Å². The number of esters is 2. The first-order chi connectivity index (χ1) is 7.29. The van der Waals surface area contributed by atoms with Crippen molar-refractivity contribution < 1.29 is 33.6 Å². The van der Waals surface area contributed by atoms with Crippen LogP contribution in [-0.2, 0) is 9.30 Å². The molecule has 0 amide bonds. The fraction of sp³-hybridized carbons (Fsp3) is 0. The quantitative estimate of drug-likeness (QED) is 0.336. The summed E-state index contributed by atoms with van der Waals surface area (Å²) in [5, 5.41) is 0. The topological polar surface area (TPSA) is 121 Å². The lowest BCUT2D eigenvalue weighted by Crippen LogP contribution is -1.96. The van der Waals surface area contributed by atoms with E-state index in [0.29, 0.717) is 11.1 Å². The molecule has 7 nitrogen and oxygen atoms in total. The van der Waals surface area contributed by atoms with Gasteiger partial charge in [0.1, 0.15) is 0 Å². The minimum atomic E-state index is -4.64.